The lowest BCUT2D eigenvalue weighted by Gasteiger charge is -2.08. The van der Waals surface area contributed by atoms with Crippen molar-refractivity contribution in [3.8, 4) is 0 Å². The molecule has 0 fully saturated rings. The minimum Gasteiger partial charge on any atom is -0.399 e. The minimum atomic E-state index is -3.76. The van der Waals surface area contributed by atoms with E-state index in [2.05, 4.69) is 15.0 Å². The highest BCUT2D eigenvalue weighted by Crippen LogP contribution is 2.17. The minimum absolute atomic E-state index is 0.0635. The fourth-order valence-corrected chi connectivity index (χ4v) is 3.31. The fourth-order valence-electron chi connectivity index (χ4n) is 2.30. The number of anilines is 3. The van der Waals surface area contributed by atoms with Gasteiger partial charge in [0, 0.05) is 23.6 Å². The van der Waals surface area contributed by atoms with Gasteiger partial charge >= 0.3 is 0 Å². The number of pyridine rings is 1. The monoisotopic (exact) mass is 394 g/mol. The zero-order valence-corrected chi connectivity index (χ0v) is 15.6. The Hall–Kier alpha value is -3.65. The molecule has 1 heterocycles. The van der Waals surface area contributed by atoms with Crippen molar-refractivity contribution in [3.05, 3.63) is 84.6 Å². The summed E-state index contributed by atoms with van der Waals surface area (Å²) in [6, 6.07) is 17.9. The van der Waals surface area contributed by atoms with E-state index in [-0.39, 0.29) is 16.6 Å². The van der Waals surface area contributed by atoms with E-state index in [9.17, 15) is 13.2 Å². The Morgan fingerprint density at radius 1 is 0.964 bits per heavy atom. The maximum absolute atomic E-state index is 12.4. The molecule has 7 nitrogen and oxygen atoms in total. The molecule has 4 N–H and O–H groups in total. The highest BCUT2D eigenvalue weighted by Gasteiger charge is 2.14. The number of hydrogen-bond donors (Lipinski definition) is 3. The number of nitrogens with one attached hydrogen (secondary N) is 2. The second kappa shape index (κ2) is 8.36. The Bertz CT molecular complexity index is 1080. The third-order valence-electron chi connectivity index (χ3n) is 3.70. The maximum atomic E-state index is 12.4. The lowest BCUT2D eigenvalue weighted by Crippen LogP contribution is -2.14. The van der Waals surface area contributed by atoms with Crippen molar-refractivity contribution in [2.75, 3.05) is 15.8 Å². The van der Waals surface area contributed by atoms with Crippen LogP contribution in [0.1, 0.15) is 5.56 Å². The predicted octanol–water partition coefficient (Wildman–Crippen LogP) is 3.12. The Balaban J connectivity index is 1.63. The highest BCUT2D eigenvalue weighted by molar-refractivity contribution is 7.92. The standard InChI is InChI=1S/C20H18N4O3S/c21-16-7-4-15(5-8-16)6-13-20(25)23-17-9-11-18(12-10-17)28(26,27)24-19-3-1-2-14-22-19/h1-14H,21H2,(H,22,24)(H,23,25)/b13-6+. The van der Waals surface area contributed by atoms with Crippen LogP contribution in [0.5, 0.6) is 0 Å². The molecule has 0 spiro atoms. The second-order valence-corrected chi connectivity index (χ2v) is 7.52. The summed E-state index contributed by atoms with van der Waals surface area (Å²) >= 11 is 0. The predicted molar refractivity (Wildman–Crippen MR) is 110 cm³/mol. The summed E-state index contributed by atoms with van der Waals surface area (Å²) in [7, 11) is -3.76. The van der Waals surface area contributed by atoms with Crippen LogP contribution < -0.4 is 15.8 Å². The Labute approximate surface area is 163 Å². The third-order valence-corrected chi connectivity index (χ3v) is 5.07. The molecule has 28 heavy (non-hydrogen) atoms. The number of carbonyl (C=O) groups is 1. The lowest BCUT2D eigenvalue weighted by molar-refractivity contribution is -0.111. The average Bonchev–Trinajstić information content (AvgIpc) is 2.68. The van der Waals surface area contributed by atoms with E-state index in [4.69, 9.17) is 5.73 Å². The van der Waals surface area contributed by atoms with Crippen molar-refractivity contribution in [2.24, 2.45) is 0 Å². The summed E-state index contributed by atoms with van der Waals surface area (Å²) < 4.78 is 27.1. The van der Waals surface area contributed by atoms with E-state index >= 15 is 0 Å². The first-order valence-corrected chi connectivity index (χ1v) is 9.79. The van der Waals surface area contributed by atoms with Crippen molar-refractivity contribution in [2.45, 2.75) is 4.90 Å². The van der Waals surface area contributed by atoms with Crippen LogP contribution in [-0.2, 0) is 14.8 Å². The molecule has 1 amide bonds. The Kier molecular flexibility index (Phi) is 5.71. The van der Waals surface area contributed by atoms with E-state index in [0.29, 0.717) is 11.4 Å². The van der Waals surface area contributed by atoms with Crippen molar-refractivity contribution in [1.29, 1.82) is 0 Å². The molecule has 0 aliphatic rings. The molecule has 0 radical (unpaired) electrons. The lowest BCUT2D eigenvalue weighted by atomic mass is 10.2. The largest absolute Gasteiger partial charge is 0.399 e. The van der Waals surface area contributed by atoms with Gasteiger partial charge in [-0.2, -0.15) is 0 Å². The maximum Gasteiger partial charge on any atom is 0.263 e. The van der Waals surface area contributed by atoms with E-state index < -0.39 is 10.0 Å². The van der Waals surface area contributed by atoms with Crippen molar-refractivity contribution in [3.63, 3.8) is 0 Å². The third kappa shape index (κ3) is 5.18. The molecule has 0 aliphatic carbocycles. The molecule has 0 bridgehead atoms. The summed E-state index contributed by atoms with van der Waals surface area (Å²) in [4.78, 5) is 16.0. The van der Waals surface area contributed by atoms with Gasteiger partial charge in [-0.3, -0.25) is 9.52 Å². The molecule has 0 unspecified atom stereocenters. The van der Waals surface area contributed by atoms with Crippen LogP contribution >= 0.6 is 0 Å². The number of carbonyl (C=O) groups excluding carboxylic acids is 1. The zero-order chi connectivity index (χ0) is 20.0. The number of amides is 1. The summed E-state index contributed by atoms with van der Waals surface area (Å²) in [5.41, 5.74) is 7.58. The van der Waals surface area contributed by atoms with E-state index in [1.165, 1.54) is 36.5 Å². The SMILES string of the molecule is Nc1ccc(/C=C/C(=O)Nc2ccc(S(=O)(=O)Nc3ccccn3)cc2)cc1. The van der Waals surface area contributed by atoms with Crippen LogP contribution in [0.15, 0.2) is 83.9 Å². The number of nitrogen functional groups attached to an aromatic ring is 1. The average molecular weight is 394 g/mol. The summed E-state index contributed by atoms with van der Waals surface area (Å²) in [5, 5.41) is 2.67. The normalized spacial score (nSPS) is 11.3. The second-order valence-electron chi connectivity index (χ2n) is 5.83. The topological polar surface area (TPSA) is 114 Å². The molecule has 0 saturated carbocycles. The van der Waals surface area contributed by atoms with Gasteiger partial charge in [0.2, 0.25) is 5.91 Å². The van der Waals surface area contributed by atoms with Crippen LogP contribution in [0.4, 0.5) is 17.2 Å². The molecule has 0 aliphatic heterocycles. The van der Waals surface area contributed by atoms with Gasteiger partial charge in [-0.1, -0.05) is 18.2 Å². The summed E-state index contributed by atoms with van der Waals surface area (Å²) in [6.45, 7) is 0. The van der Waals surface area contributed by atoms with E-state index in [1.807, 2.05) is 0 Å². The van der Waals surface area contributed by atoms with Gasteiger partial charge in [0.15, 0.2) is 0 Å². The first-order chi connectivity index (χ1) is 13.4. The highest BCUT2D eigenvalue weighted by atomic mass is 32.2. The Morgan fingerprint density at radius 2 is 1.68 bits per heavy atom. The van der Waals surface area contributed by atoms with E-state index in [0.717, 1.165) is 5.56 Å². The molecule has 0 saturated heterocycles. The van der Waals surface area contributed by atoms with Gasteiger partial charge in [-0.15, -0.1) is 0 Å². The molecule has 3 rings (SSSR count). The van der Waals surface area contributed by atoms with Gasteiger partial charge < -0.3 is 11.1 Å². The number of rotatable bonds is 6. The number of nitrogens with two attached hydrogens (primary N) is 1. The quantitative estimate of drug-likeness (QED) is 0.439. The van der Waals surface area contributed by atoms with Gasteiger partial charge in [0.1, 0.15) is 5.82 Å². The molecular weight excluding hydrogens is 376 g/mol. The first-order valence-electron chi connectivity index (χ1n) is 8.31. The fraction of sp³-hybridized carbons (Fsp3) is 0. The number of sulfonamides is 1. The number of benzene rings is 2. The summed E-state index contributed by atoms with van der Waals surface area (Å²) in [5.74, 6) is -0.105. The molecule has 3 aromatic rings. The van der Waals surface area contributed by atoms with Gasteiger partial charge in [0.05, 0.1) is 4.90 Å². The van der Waals surface area contributed by atoms with Crippen molar-refractivity contribution in [1.82, 2.24) is 4.98 Å². The number of aromatic nitrogens is 1. The molecule has 142 valence electrons. The molecule has 8 heteroatoms. The smallest absolute Gasteiger partial charge is 0.263 e. The van der Waals surface area contributed by atoms with Crippen molar-refractivity contribution >= 4 is 39.2 Å². The number of hydrogen-bond acceptors (Lipinski definition) is 5. The molecule has 2 aromatic carbocycles. The summed E-state index contributed by atoms with van der Waals surface area (Å²) in [6.07, 6.45) is 4.54. The van der Waals surface area contributed by atoms with Crippen LogP contribution in [-0.4, -0.2) is 19.3 Å². The number of nitrogens with zero attached hydrogens (tertiary/aromatic N) is 1. The molecule has 0 atom stereocenters. The van der Waals surface area contributed by atoms with E-state index in [1.54, 1.807) is 48.5 Å². The van der Waals surface area contributed by atoms with Crippen LogP contribution in [0.3, 0.4) is 0 Å². The van der Waals surface area contributed by atoms with Crippen LogP contribution in [0, 0.1) is 0 Å². The first kappa shape index (κ1) is 19.1. The zero-order valence-electron chi connectivity index (χ0n) is 14.7. The van der Waals surface area contributed by atoms with Gasteiger partial charge in [-0.05, 0) is 60.2 Å². The molecule has 1 aromatic heterocycles. The van der Waals surface area contributed by atoms with Crippen molar-refractivity contribution < 1.29 is 13.2 Å². The van der Waals surface area contributed by atoms with Gasteiger partial charge in [0.25, 0.3) is 10.0 Å². The van der Waals surface area contributed by atoms with Crippen LogP contribution in [0.2, 0.25) is 0 Å². The van der Waals surface area contributed by atoms with Gasteiger partial charge in [-0.25, -0.2) is 13.4 Å². The molecular formula is C20H18N4O3S. The Morgan fingerprint density at radius 3 is 2.32 bits per heavy atom. The van der Waals surface area contributed by atoms with Crippen LogP contribution in [0.25, 0.3) is 6.08 Å².